The van der Waals surface area contributed by atoms with E-state index in [2.05, 4.69) is 16.8 Å². The maximum Gasteiger partial charge on any atom is 0.254 e. The summed E-state index contributed by atoms with van der Waals surface area (Å²) < 4.78 is 11.6. The fourth-order valence-corrected chi connectivity index (χ4v) is 4.45. The van der Waals surface area contributed by atoms with Gasteiger partial charge in [-0.25, -0.2) is 4.98 Å². The van der Waals surface area contributed by atoms with Crippen molar-refractivity contribution in [3.8, 4) is 17.4 Å². The third kappa shape index (κ3) is 5.18. The number of benzene rings is 2. The van der Waals surface area contributed by atoms with Crippen molar-refractivity contribution in [2.75, 3.05) is 51.8 Å². The van der Waals surface area contributed by atoms with Crippen molar-refractivity contribution in [3.05, 3.63) is 70.4 Å². The summed E-state index contributed by atoms with van der Waals surface area (Å²) in [6.07, 6.45) is 0.631. The summed E-state index contributed by atoms with van der Waals surface area (Å²) in [5.74, 6) is 2.42. The van der Waals surface area contributed by atoms with E-state index in [1.807, 2.05) is 29.2 Å². The minimum atomic E-state index is -0.0530. The van der Waals surface area contributed by atoms with E-state index >= 15 is 0 Å². The van der Waals surface area contributed by atoms with Crippen molar-refractivity contribution in [3.63, 3.8) is 0 Å². The Bertz CT molecular complexity index is 1210. The number of hydrogen-bond acceptors (Lipinski definition) is 7. The van der Waals surface area contributed by atoms with Crippen LogP contribution < -0.4 is 14.4 Å². The minimum Gasteiger partial charge on any atom is -0.497 e. The highest BCUT2D eigenvalue weighted by Gasteiger charge is 2.29. The zero-order chi connectivity index (χ0) is 24.4. The third-order valence-electron chi connectivity index (χ3n) is 6.43. The molecular weight excluding hydrogens is 466 g/mol. The lowest BCUT2D eigenvalue weighted by molar-refractivity contribution is 0.0732. The molecule has 9 heteroatoms. The van der Waals surface area contributed by atoms with Crippen LogP contribution in [0.15, 0.2) is 48.5 Å². The first-order chi connectivity index (χ1) is 17.0. The number of carbonyl (C=O) groups is 1. The maximum absolute atomic E-state index is 13.2. The van der Waals surface area contributed by atoms with E-state index < -0.39 is 0 Å². The van der Waals surface area contributed by atoms with Gasteiger partial charge in [0.1, 0.15) is 11.5 Å². The van der Waals surface area contributed by atoms with Gasteiger partial charge in [-0.1, -0.05) is 17.7 Å². The normalized spacial score (nSPS) is 16.1. The van der Waals surface area contributed by atoms with Gasteiger partial charge in [0.25, 0.3) is 5.91 Å². The summed E-state index contributed by atoms with van der Waals surface area (Å²) in [4.78, 5) is 29.2. The smallest absolute Gasteiger partial charge is 0.254 e. The average Bonchev–Trinajstić information content (AvgIpc) is 2.89. The lowest BCUT2D eigenvalue weighted by Crippen LogP contribution is -2.45. The molecule has 0 saturated carbocycles. The van der Waals surface area contributed by atoms with Crippen molar-refractivity contribution in [1.82, 2.24) is 19.8 Å². The fraction of sp³-hybridized carbons (Fsp3) is 0.346. The van der Waals surface area contributed by atoms with Gasteiger partial charge in [-0.3, -0.25) is 4.79 Å². The van der Waals surface area contributed by atoms with Crippen LogP contribution in [0.5, 0.6) is 17.4 Å². The topological polar surface area (TPSA) is 71.0 Å². The van der Waals surface area contributed by atoms with E-state index in [0.29, 0.717) is 53.4 Å². The number of halogens is 1. The van der Waals surface area contributed by atoms with E-state index in [0.717, 1.165) is 37.4 Å². The van der Waals surface area contributed by atoms with Gasteiger partial charge < -0.3 is 24.2 Å². The predicted molar refractivity (Wildman–Crippen MR) is 135 cm³/mol. The second-order valence-corrected chi connectivity index (χ2v) is 9.25. The van der Waals surface area contributed by atoms with Crippen LogP contribution in [-0.2, 0) is 13.0 Å². The number of amides is 1. The summed E-state index contributed by atoms with van der Waals surface area (Å²) in [6, 6.07) is 14.4. The Morgan fingerprint density at radius 1 is 0.971 bits per heavy atom. The molecule has 1 amide bonds. The molecule has 0 atom stereocenters. The molecular formula is C26H28ClN5O3. The quantitative estimate of drug-likeness (QED) is 0.534. The van der Waals surface area contributed by atoms with Crippen molar-refractivity contribution in [2.45, 2.75) is 13.0 Å². The van der Waals surface area contributed by atoms with Gasteiger partial charge in [-0.15, -0.1) is 0 Å². The lowest BCUT2D eigenvalue weighted by Gasteiger charge is -2.34. The molecule has 3 heterocycles. The number of carbonyl (C=O) groups excluding carboxylic acids is 1. The van der Waals surface area contributed by atoms with Crippen molar-refractivity contribution >= 4 is 23.5 Å². The molecule has 0 spiro atoms. The van der Waals surface area contributed by atoms with Crippen molar-refractivity contribution in [1.29, 1.82) is 0 Å². The van der Waals surface area contributed by atoms with Crippen LogP contribution in [0.4, 0.5) is 5.95 Å². The van der Waals surface area contributed by atoms with Crippen LogP contribution in [0.25, 0.3) is 0 Å². The Morgan fingerprint density at radius 3 is 2.46 bits per heavy atom. The van der Waals surface area contributed by atoms with E-state index in [1.54, 1.807) is 31.4 Å². The molecule has 1 saturated heterocycles. The van der Waals surface area contributed by atoms with Gasteiger partial charge in [-0.05, 0) is 43.4 Å². The number of nitrogens with zero attached hydrogens (tertiary/aromatic N) is 5. The maximum atomic E-state index is 13.2. The number of rotatable bonds is 5. The SMILES string of the molecule is COc1cccc(Oc2nc(N3CCN(C)CC3)nc3c2CN(C(=O)c2ccc(Cl)cc2)CC3)c1. The van der Waals surface area contributed by atoms with Crippen LogP contribution in [0.2, 0.25) is 5.02 Å². The first-order valence-corrected chi connectivity index (χ1v) is 12.1. The summed E-state index contributed by atoms with van der Waals surface area (Å²) in [5, 5.41) is 0.601. The molecule has 2 aliphatic rings. The standard InChI is InChI=1S/C26H28ClN5O3/c1-30-12-14-31(15-13-30)26-28-23-10-11-32(25(33)18-6-8-19(27)9-7-18)17-22(23)24(29-26)35-21-5-3-4-20(16-21)34-2/h3-9,16H,10-15,17H2,1-2H3. The number of fused-ring (bicyclic) bond motifs is 1. The average molecular weight is 494 g/mol. The summed E-state index contributed by atoms with van der Waals surface area (Å²) in [7, 11) is 3.74. The fourth-order valence-electron chi connectivity index (χ4n) is 4.33. The largest absolute Gasteiger partial charge is 0.497 e. The molecule has 5 rings (SSSR count). The first-order valence-electron chi connectivity index (χ1n) is 11.7. The van der Waals surface area contributed by atoms with Crippen LogP contribution in [0.1, 0.15) is 21.6 Å². The Balaban J connectivity index is 1.47. The number of aromatic nitrogens is 2. The van der Waals surface area contributed by atoms with E-state index in [4.69, 9.17) is 31.0 Å². The second-order valence-electron chi connectivity index (χ2n) is 8.81. The van der Waals surface area contributed by atoms with Gasteiger partial charge in [0.15, 0.2) is 0 Å². The van der Waals surface area contributed by atoms with Crippen molar-refractivity contribution < 1.29 is 14.3 Å². The zero-order valence-corrected chi connectivity index (χ0v) is 20.7. The predicted octanol–water partition coefficient (Wildman–Crippen LogP) is 3.88. The highest BCUT2D eigenvalue weighted by molar-refractivity contribution is 6.30. The van der Waals surface area contributed by atoms with Crippen LogP contribution in [-0.4, -0.2) is 72.6 Å². The van der Waals surface area contributed by atoms with Gasteiger partial charge >= 0.3 is 0 Å². The van der Waals surface area contributed by atoms with Gasteiger partial charge in [0, 0.05) is 55.8 Å². The molecule has 182 valence electrons. The number of anilines is 1. The van der Waals surface area contributed by atoms with Crippen LogP contribution >= 0.6 is 11.6 Å². The minimum absolute atomic E-state index is 0.0530. The highest BCUT2D eigenvalue weighted by atomic mass is 35.5. The summed E-state index contributed by atoms with van der Waals surface area (Å²) in [6.45, 7) is 4.57. The molecule has 35 heavy (non-hydrogen) atoms. The Kier molecular flexibility index (Phi) is 6.74. The number of ether oxygens (including phenoxy) is 2. The Hall–Kier alpha value is -3.36. The molecule has 1 aromatic heterocycles. The third-order valence-corrected chi connectivity index (χ3v) is 6.68. The number of methoxy groups -OCH3 is 1. The molecule has 0 radical (unpaired) electrons. The second kappa shape index (κ2) is 10.1. The van der Waals surface area contributed by atoms with E-state index in [9.17, 15) is 4.79 Å². The molecule has 3 aromatic rings. The van der Waals surface area contributed by atoms with Gasteiger partial charge in [0.2, 0.25) is 11.8 Å². The summed E-state index contributed by atoms with van der Waals surface area (Å²) in [5.41, 5.74) is 2.36. The number of piperazine rings is 1. The van der Waals surface area contributed by atoms with Crippen LogP contribution in [0.3, 0.4) is 0 Å². The molecule has 0 bridgehead atoms. The highest BCUT2D eigenvalue weighted by Crippen LogP contribution is 2.33. The van der Waals surface area contributed by atoms with Crippen LogP contribution in [0, 0.1) is 0 Å². The molecule has 0 aliphatic carbocycles. The first kappa shape index (κ1) is 23.4. The zero-order valence-electron chi connectivity index (χ0n) is 19.9. The monoisotopic (exact) mass is 493 g/mol. The molecule has 2 aromatic carbocycles. The Labute approximate surface area is 210 Å². The van der Waals surface area contributed by atoms with E-state index in [-0.39, 0.29) is 5.91 Å². The number of hydrogen-bond donors (Lipinski definition) is 0. The number of likely N-dealkylation sites (N-methyl/N-ethyl adjacent to an activating group) is 1. The molecule has 0 N–H and O–H groups in total. The van der Waals surface area contributed by atoms with E-state index in [1.165, 1.54) is 0 Å². The lowest BCUT2D eigenvalue weighted by atomic mass is 10.1. The van der Waals surface area contributed by atoms with Crippen molar-refractivity contribution in [2.24, 2.45) is 0 Å². The molecule has 0 unspecified atom stereocenters. The molecule has 1 fully saturated rings. The Morgan fingerprint density at radius 2 is 1.71 bits per heavy atom. The van der Waals surface area contributed by atoms with Gasteiger partial charge in [0.05, 0.1) is 24.9 Å². The summed E-state index contributed by atoms with van der Waals surface area (Å²) >= 11 is 6.00. The molecule has 8 nitrogen and oxygen atoms in total. The molecule has 2 aliphatic heterocycles. The van der Waals surface area contributed by atoms with Gasteiger partial charge in [-0.2, -0.15) is 4.98 Å².